The standard InChI is InChI=1S/C38H28N4S3/c1-4-14-27-23(9-1)18-20-40-38(41(27)28-15-7-10-24-11-8-19-39-35(24)28)33-21-31-32(44-33)22-34(45-31)42-36-25-12-2-5-16-29(25)43-30-17-6-3-13-26(30)37(36)42/h1-17,19,21-22,25,29,36-37H,18,20H2. The first kappa shape index (κ1) is 26.1. The smallest absolute Gasteiger partial charge is 0.150 e. The van der Waals surface area contributed by atoms with Crippen LogP contribution in [0.1, 0.15) is 22.0 Å². The second-order valence-corrected chi connectivity index (χ2v) is 15.4. The summed E-state index contributed by atoms with van der Waals surface area (Å²) in [6, 6.07) is 34.1. The Morgan fingerprint density at radius 2 is 1.62 bits per heavy atom. The number of pyridine rings is 1. The van der Waals surface area contributed by atoms with E-state index in [1.807, 2.05) is 46.7 Å². The summed E-state index contributed by atoms with van der Waals surface area (Å²) in [5.74, 6) is 1.52. The lowest BCUT2D eigenvalue weighted by atomic mass is 9.93. The number of aromatic nitrogens is 1. The molecule has 45 heavy (non-hydrogen) atoms. The molecular weight excluding hydrogens is 609 g/mol. The SMILES string of the molecule is C1=CC2Sc3ccccc3C3C(C2C=C1)N3c1cc2sc(C3=NCCc4ccccc4N3c3cccc4cccnc34)cc2s1. The Kier molecular flexibility index (Phi) is 5.90. The van der Waals surface area contributed by atoms with Gasteiger partial charge >= 0.3 is 0 Å². The number of fused-ring (bicyclic) bond motifs is 8. The van der Waals surface area contributed by atoms with Crippen LogP contribution in [0, 0.1) is 5.92 Å². The first-order valence-electron chi connectivity index (χ1n) is 15.5. The third-order valence-corrected chi connectivity index (χ3v) is 13.2. The summed E-state index contributed by atoms with van der Waals surface area (Å²) in [6.07, 6.45) is 12.1. The van der Waals surface area contributed by atoms with Crippen molar-refractivity contribution in [1.82, 2.24) is 4.98 Å². The predicted octanol–water partition coefficient (Wildman–Crippen LogP) is 9.80. The third-order valence-electron chi connectivity index (χ3n) is 9.48. The number of anilines is 3. The average Bonchev–Trinajstić information content (AvgIpc) is 3.62. The molecule has 0 radical (unpaired) electrons. The molecule has 0 bridgehead atoms. The van der Waals surface area contributed by atoms with Crippen molar-refractivity contribution in [1.29, 1.82) is 0 Å². The van der Waals surface area contributed by atoms with E-state index in [1.165, 1.54) is 41.0 Å². The molecule has 4 atom stereocenters. The van der Waals surface area contributed by atoms with Crippen molar-refractivity contribution in [3.8, 4) is 0 Å². The van der Waals surface area contributed by atoms with Crippen molar-refractivity contribution in [3.05, 3.63) is 138 Å². The number of para-hydroxylation sites is 2. The van der Waals surface area contributed by atoms with Crippen LogP contribution < -0.4 is 9.80 Å². The quantitative estimate of drug-likeness (QED) is 0.181. The lowest BCUT2D eigenvalue weighted by molar-refractivity contribution is 0.652. The minimum absolute atomic E-state index is 0.434. The van der Waals surface area contributed by atoms with Gasteiger partial charge in [0.05, 0.1) is 38.9 Å². The monoisotopic (exact) mass is 636 g/mol. The minimum atomic E-state index is 0.434. The average molecular weight is 637 g/mol. The zero-order valence-corrected chi connectivity index (χ0v) is 26.7. The molecule has 3 aromatic carbocycles. The molecule has 6 heterocycles. The van der Waals surface area contributed by atoms with Crippen molar-refractivity contribution in [2.75, 3.05) is 16.3 Å². The van der Waals surface area contributed by atoms with E-state index in [0.29, 0.717) is 23.3 Å². The van der Waals surface area contributed by atoms with Gasteiger partial charge in [0.1, 0.15) is 0 Å². The number of nitrogens with zero attached hydrogens (tertiary/aromatic N) is 4. The van der Waals surface area contributed by atoms with E-state index in [9.17, 15) is 0 Å². The van der Waals surface area contributed by atoms with Crippen molar-refractivity contribution in [3.63, 3.8) is 0 Å². The van der Waals surface area contributed by atoms with Gasteiger partial charge in [0.2, 0.25) is 0 Å². The maximum Gasteiger partial charge on any atom is 0.150 e. The number of benzene rings is 3. The van der Waals surface area contributed by atoms with E-state index in [-0.39, 0.29) is 0 Å². The number of aliphatic imine (C=N–C) groups is 1. The van der Waals surface area contributed by atoms with Crippen LogP contribution in [0.5, 0.6) is 0 Å². The molecule has 3 aliphatic heterocycles. The Hall–Kier alpha value is -4.17. The second kappa shape index (κ2) is 10.2. The Labute approximate surface area is 274 Å². The first-order chi connectivity index (χ1) is 22.3. The zero-order chi connectivity index (χ0) is 29.5. The number of thioether (sulfide) groups is 1. The Morgan fingerprint density at radius 1 is 0.778 bits per heavy atom. The van der Waals surface area contributed by atoms with Crippen LogP contribution >= 0.6 is 34.4 Å². The molecule has 218 valence electrons. The van der Waals surface area contributed by atoms with Crippen molar-refractivity contribution in [2.45, 2.75) is 28.6 Å². The highest BCUT2D eigenvalue weighted by molar-refractivity contribution is 8.00. The molecule has 4 unspecified atom stereocenters. The zero-order valence-electron chi connectivity index (χ0n) is 24.3. The van der Waals surface area contributed by atoms with Gasteiger partial charge in [-0.05, 0) is 53.9 Å². The van der Waals surface area contributed by atoms with Gasteiger partial charge in [-0.15, -0.1) is 34.4 Å². The summed E-state index contributed by atoms with van der Waals surface area (Å²) >= 11 is 5.83. The van der Waals surface area contributed by atoms with Crippen LogP contribution in [-0.2, 0) is 6.42 Å². The van der Waals surface area contributed by atoms with Crippen LogP contribution in [0.3, 0.4) is 0 Å². The van der Waals surface area contributed by atoms with Gasteiger partial charge in [-0.25, -0.2) is 0 Å². The molecule has 4 nitrogen and oxygen atoms in total. The van der Waals surface area contributed by atoms with E-state index in [1.54, 1.807) is 0 Å². The minimum Gasteiger partial charge on any atom is -0.348 e. The fourth-order valence-corrected chi connectivity index (χ4v) is 11.3. The normalized spacial score (nSPS) is 23.2. The Balaban J connectivity index is 1.06. The highest BCUT2D eigenvalue weighted by atomic mass is 32.2. The molecule has 0 amide bonds. The molecule has 1 fully saturated rings. The van der Waals surface area contributed by atoms with Crippen molar-refractivity contribution >= 4 is 76.9 Å². The summed E-state index contributed by atoms with van der Waals surface area (Å²) in [4.78, 5) is 17.8. The number of allylic oxidation sites excluding steroid dienone is 2. The van der Waals surface area contributed by atoms with Gasteiger partial charge < -0.3 is 4.90 Å². The van der Waals surface area contributed by atoms with E-state index in [2.05, 4.69) is 119 Å². The van der Waals surface area contributed by atoms with Crippen LogP contribution in [0.25, 0.3) is 20.3 Å². The lowest BCUT2D eigenvalue weighted by Crippen LogP contribution is -2.26. The topological polar surface area (TPSA) is 31.5 Å². The van der Waals surface area contributed by atoms with Crippen LogP contribution in [-0.4, -0.2) is 28.7 Å². The largest absolute Gasteiger partial charge is 0.348 e. The van der Waals surface area contributed by atoms with Crippen molar-refractivity contribution in [2.24, 2.45) is 10.9 Å². The predicted molar refractivity (Wildman–Crippen MR) is 192 cm³/mol. The first-order valence-corrected chi connectivity index (χ1v) is 18.0. The Morgan fingerprint density at radius 3 is 2.60 bits per heavy atom. The molecule has 3 aromatic heterocycles. The molecule has 4 aliphatic rings. The maximum absolute atomic E-state index is 5.26. The molecule has 6 aromatic rings. The summed E-state index contributed by atoms with van der Waals surface area (Å²) < 4.78 is 2.67. The molecule has 7 heteroatoms. The van der Waals surface area contributed by atoms with E-state index >= 15 is 0 Å². The van der Waals surface area contributed by atoms with Gasteiger partial charge in [0.15, 0.2) is 5.84 Å². The number of hydrogen-bond donors (Lipinski definition) is 0. The van der Waals surface area contributed by atoms with Crippen LogP contribution in [0.15, 0.2) is 131 Å². The number of thiophene rings is 2. The number of hydrogen-bond acceptors (Lipinski definition) is 7. The molecule has 1 aliphatic carbocycles. The number of amidine groups is 1. The van der Waals surface area contributed by atoms with Gasteiger partial charge in [0.25, 0.3) is 0 Å². The van der Waals surface area contributed by atoms with E-state index < -0.39 is 0 Å². The van der Waals surface area contributed by atoms with Gasteiger partial charge in [-0.2, -0.15) is 0 Å². The van der Waals surface area contributed by atoms with Gasteiger partial charge in [-0.1, -0.05) is 78.9 Å². The molecule has 1 saturated heterocycles. The van der Waals surface area contributed by atoms with E-state index in [4.69, 9.17) is 9.98 Å². The van der Waals surface area contributed by atoms with Crippen LogP contribution in [0.4, 0.5) is 16.4 Å². The van der Waals surface area contributed by atoms with Gasteiger partial charge in [-0.3, -0.25) is 14.9 Å². The molecule has 0 spiro atoms. The molecule has 0 saturated carbocycles. The highest BCUT2D eigenvalue weighted by Crippen LogP contribution is 2.60. The highest BCUT2D eigenvalue weighted by Gasteiger charge is 2.57. The molecular formula is C38H28N4S3. The van der Waals surface area contributed by atoms with Crippen molar-refractivity contribution < 1.29 is 0 Å². The number of rotatable bonds is 3. The summed E-state index contributed by atoms with van der Waals surface area (Å²) in [5, 5.41) is 2.99. The molecule has 0 N–H and O–H groups in total. The third kappa shape index (κ3) is 4.11. The fraction of sp³-hybridized carbons (Fsp3) is 0.158. The Bertz CT molecular complexity index is 2190. The maximum atomic E-state index is 5.26. The van der Waals surface area contributed by atoms with E-state index in [0.717, 1.165) is 35.4 Å². The second-order valence-electron chi connectivity index (χ2n) is 12.0. The fourth-order valence-electron chi connectivity index (χ4n) is 7.44. The van der Waals surface area contributed by atoms with Crippen LogP contribution in [0.2, 0.25) is 0 Å². The lowest BCUT2D eigenvalue weighted by Gasteiger charge is -2.27. The molecule has 10 rings (SSSR count). The summed E-state index contributed by atoms with van der Waals surface area (Å²) in [5.41, 5.74) is 6.05. The van der Waals surface area contributed by atoms with Gasteiger partial charge in [0, 0.05) is 43.6 Å². The summed E-state index contributed by atoms with van der Waals surface area (Å²) in [7, 11) is 0. The summed E-state index contributed by atoms with van der Waals surface area (Å²) in [6.45, 7) is 0.761.